The monoisotopic (exact) mass is 576 g/mol. The highest BCUT2D eigenvalue weighted by Gasteiger charge is 2.50. The summed E-state index contributed by atoms with van der Waals surface area (Å²) < 4.78 is 33.9. The Morgan fingerprint density at radius 2 is 1.90 bits per heavy atom. The van der Waals surface area contributed by atoms with Crippen LogP contribution in [0.15, 0.2) is 48.2 Å². The lowest BCUT2D eigenvalue weighted by molar-refractivity contribution is -0.125. The van der Waals surface area contributed by atoms with Crippen molar-refractivity contribution in [2.24, 2.45) is 0 Å². The van der Waals surface area contributed by atoms with Gasteiger partial charge in [-0.2, -0.15) is 5.10 Å². The molecular weight excluding hydrogens is 540 g/mol. The van der Waals surface area contributed by atoms with Crippen LogP contribution in [0, 0.1) is 0 Å². The third-order valence-corrected chi connectivity index (χ3v) is 7.47. The lowest BCUT2D eigenvalue weighted by Crippen LogP contribution is -2.65. The van der Waals surface area contributed by atoms with E-state index in [0.717, 1.165) is 11.8 Å². The van der Waals surface area contributed by atoms with Crippen LogP contribution in [0.25, 0.3) is 0 Å². The average Bonchev–Trinajstić information content (AvgIpc) is 3.55. The van der Waals surface area contributed by atoms with Gasteiger partial charge in [0.1, 0.15) is 5.75 Å². The van der Waals surface area contributed by atoms with E-state index in [0.29, 0.717) is 12.3 Å². The zero-order valence-electron chi connectivity index (χ0n) is 23.3. The van der Waals surface area contributed by atoms with E-state index < -0.39 is 27.4 Å². The van der Waals surface area contributed by atoms with E-state index in [1.165, 1.54) is 34.2 Å². The molecule has 39 heavy (non-hydrogen) atoms. The summed E-state index contributed by atoms with van der Waals surface area (Å²) in [6, 6.07) is 6.85. The number of carbonyl (C=O) groups excluding carboxylic acids is 2. The summed E-state index contributed by atoms with van der Waals surface area (Å²) in [5.41, 5.74) is -0.790. The molecule has 11 nitrogen and oxygen atoms in total. The maximum absolute atomic E-state index is 14.4. The predicted octanol–water partition coefficient (Wildman–Crippen LogP) is 2.76. The Labute approximate surface area is 233 Å². The minimum Gasteiger partial charge on any atom is -0.496 e. The van der Waals surface area contributed by atoms with Crippen LogP contribution in [0.1, 0.15) is 43.1 Å². The highest BCUT2D eigenvalue weighted by Crippen LogP contribution is 2.36. The summed E-state index contributed by atoms with van der Waals surface area (Å²) in [7, 11) is 1.23. The molecule has 0 aliphatic heterocycles. The molecule has 1 N–H and O–H groups in total. The Morgan fingerprint density at radius 1 is 1.18 bits per heavy atom. The molecule has 1 aromatic carbocycles. The van der Waals surface area contributed by atoms with E-state index in [2.05, 4.69) is 14.8 Å². The number of hydrogen-bond acceptors (Lipinski definition) is 9. The van der Waals surface area contributed by atoms with E-state index in [1.54, 1.807) is 36.0 Å². The Balaban J connectivity index is 2.28. The van der Waals surface area contributed by atoms with Crippen molar-refractivity contribution in [3.05, 3.63) is 59.4 Å². The van der Waals surface area contributed by atoms with E-state index >= 15 is 0 Å². The van der Waals surface area contributed by atoms with Gasteiger partial charge in [0.2, 0.25) is 10.0 Å². The molecule has 0 radical (unpaired) electrons. The SMILES string of the molecule is COc1cc(C(=O)N(c2nccs2)C(CCN(C)C)(Cn2cccn2)C(=O)NS(C)(=O)=O)ccc1C(C)(C)C. The van der Waals surface area contributed by atoms with Crippen molar-refractivity contribution in [2.75, 3.05) is 38.9 Å². The summed E-state index contributed by atoms with van der Waals surface area (Å²) in [6.45, 7) is 6.37. The first-order chi connectivity index (χ1) is 18.2. The van der Waals surface area contributed by atoms with Crippen LogP contribution < -0.4 is 14.4 Å². The molecule has 1 unspecified atom stereocenters. The Kier molecular flexibility index (Phi) is 9.19. The zero-order valence-corrected chi connectivity index (χ0v) is 25.0. The van der Waals surface area contributed by atoms with E-state index in [4.69, 9.17) is 4.74 Å². The van der Waals surface area contributed by atoms with Crippen LogP contribution in [-0.2, 0) is 26.8 Å². The number of methoxy groups -OCH3 is 1. The van der Waals surface area contributed by atoms with Crippen LogP contribution in [0.2, 0.25) is 0 Å². The molecule has 0 aliphatic rings. The standard InChI is InChI=1S/C26H36N6O5S2/c1-25(2,3)20-10-9-19(17-21(20)37-6)22(33)32(24-27-13-16-38-24)26(11-15-30(4)5,18-31-14-8-12-28-31)23(34)29-39(7,35)36/h8-10,12-14,16-17H,11,15,18H2,1-7H3,(H,29,34). The minimum absolute atomic E-state index is 0.0870. The van der Waals surface area contributed by atoms with Crippen molar-refractivity contribution in [3.8, 4) is 5.75 Å². The number of nitrogens with zero attached hydrogens (tertiary/aromatic N) is 5. The van der Waals surface area contributed by atoms with Crippen molar-refractivity contribution >= 4 is 38.3 Å². The molecular formula is C26H36N6O5S2. The van der Waals surface area contributed by atoms with Gasteiger partial charge >= 0.3 is 0 Å². The third kappa shape index (κ3) is 7.22. The van der Waals surface area contributed by atoms with Gasteiger partial charge in [0, 0.05) is 36.1 Å². The topological polar surface area (TPSA) is 127 Å². The molecule has 0 saturated carbocycles. The van der Waals surface area contributed by atoms with Gasteiger partial charge in [0.15, 0.2) is 10.7 Å². The number of sulfonamides is 1. The molecule has 3 rings (SSSR count). The second-order valence-corrected chi connectivity index (χ2v) is 13.2. The fourth-order valence-corrected chi connectivity index (χ4v) is 5.50. The number of thiazole rings is 1. The van der Waals surface area contributed by atoms with Crippen LogP contribution >= 0.6 is 11.3 Å². The molecule has 0 spiro atoms. The van der Waals surface area contributed by atoms with Crippen molar-refractivity contribution in [3.63, 3.8) is 0 Å². The van der Waals surface area contributed by atoms with Gasteiger partial charge in [-0.1, -0.05) is 26.8 Å². The summed E-state index contributed by atoms with van der Waals surface area (Å²) in [4.78, 5) is 36.0. The molecule has 13 heteroatoms. The van der Waals surface area contributed by atoms with Crippen LogP contribution in [0.5, 0.6) is 5.75 Å². The van der Waals surface area contributed by atoms with Crippen molar-refractivity contribution < 1.29 is 22.7 Å². The first kappa shape index (κ1) is 30.3. The van der Waals surface area contributed by atoms with Gasteiger partial charge < -0.3 is 9.64 Å². The fraction of sp³-hybridized carbons (Fsp3) is 0.462. The largest absolute Gasteiger partial charge is 0.496 e. The van der Waals surface area contributed by atoms with Crippen LogP contribution in [-0.4, -0.2) is 79.4 Å². The maximum atomic E-state index is 14.4. The van der Waals surface area contributed by atoms with Gasteiger partial charge in [0.25, 0.3) is 11.8 Å². The number of rotatable bonds is 11. The Bertz CT molecular complexity index is 1380. The lowest BCUT2D eigenvalue weighted by Gasteiger charge is -2.41. The molecule has 2 aromatic heterocycles. The molecule has 2 amide bonds. The number of benzene rings is 1. The molecule has 0 bridgehead atoms. The predicted molar refractivity (Wildman–Crippen MR) is 152 cm³/mol. The van der Waals surface area contributed by atoms with Gasteiger partial charge in [-0.05, 0) is 49.7 Å². The molecule has 2 heterocycles. The zero-order chi connectivity index (χ0) is 29.0. The molecule has 1 atom stereocenters. The summed E-state index contributed by atoms with van der Waals surface area (Å²) in [6.07, 6.45) is 5.73. The second-order valence-electron chi connectivity index (χ2n) is 10.6. The van der Waals surface area contributed by atoms with Gasteiger partial charge in [-0.3, -0.25) is 23.9 Å². The summed E-state index contributed by atoms with van der Waals surface area (Å²) >= 11 is 1.17. The Morgan fingerprint density at radius 3 is 2.41 bits per heavy atom. The number of aromatic nitrogens is 3. The molecule has 212 valence electrons. The quantitative estimate of drug-likeness (QED) is 0.369. The minimum atomic E-state index is -3.97. The number of carbonyl (C=O) groups is 2. The highest BCUT2D eigenvalue weighted by molar-refractivity contribution is 7.89. The number of ether oxygens (including phenoxy) is 1. The van der Waals surface area contributed by atoms with E-state index in [9.17, 15) is 18.0 Å². The van der Waals surface area contributed by atoms with Gasteiger partial charge in [-0.25, -0.2) is 13.4 Å². The normalized spacial score (nSPS) is 13.6. The highest BCUT2D eigenvalue weighted by atomic mass is 32.2. The average molecular weight is 577 g/mol. The van der Waals surface area contributed by atoms with Crippen LogP contribution in [0.3, 0.4) is 0 Å². The first-order valence-corrected chi connectivity index (χ1v) is 15.0. The van der Waals surface area contributed by atoms with E-state index in [-0.39, 0.29) is 29.1 Å². The summed E-state index contributed by atoms with van der Waals surface area (Å²) in [5, 5.41) is 6.20. The van der Waals surface area contributed by atoms with E-state index in [1.807, 2.05) is 45.8 Å². The maximum Gasteiger partial charge on any atom is 0.261 e. The number of nitrogens with one attached hydrogen (secondary N) is 1. The van der Waals surface area contributed by atoms with Gasteiger partial charge in [-0.15, -0.1) is 11.3 Å². The number of hydrogen-bond donors (Lipinski definition) is 1. The van der Waals surface area contributed by atoms with Crippen LogP contribution in [0.4, 0.5) is 5.13 Å². The van der Waals surface area contributed by atoms with Crippen molar-refractivity contribution in [1.29, 1.82) is 0 Å². The molecule has 0 saturated heterocycles. The molecule has 3 aromatic rings. The third-order valence-electron chi connectivity index (χ3n) is 6.15. The fourth-order valence-electron chi connectivity index (χ4n) is 4.25. The number of anilines is 1. The number of amides is 2. The molecule has 0 aliphatic carbocycles. The first-order valence-electron chi connectivity index (χ1n) is 12.2. The van der Waals surface area contributed by atoms with Crippen molar-refractivity contribution in [1.82, 2.24) is 24.4 Å². The smallest absolute Gasteiger partial charge is 0.261 e. The van der Waals surface area contributed by atoms with Gasteiger partial charge in [0.05, 0.1) is 19.9 Å². The van der Waals surface area contributed by atoms with Crippen molar-refractivity contribution in [2.45, 2.75) is 44.7 Å². The summed E-state index contributed by atoms with van der Waals surface area (Å²) in [5.74, 6) is -0.860. The molecule has 0 fully saturated rings. The second kappa shape index (κ2) is 11.8. The lowest BCUT2D eigenvalue weighted by atomic mass is 9.85. The Hall–Kier alpha value is -3.29.